The molecule has 2 N–H and O–H groups in total. The van der Waals surface area contributed by atoms with E-state index in [2.05, 4.69) is 28.2 Å². The van der Waals surface area contributed by atoms with Gasteiger partial charge in [-0.15, -0.1) is 0 Å². The molecular formula is C17H15N3S. The summed E-state index contributed by atoms with van der Waals surface area (Å²) in [5.74, 6) is 0. The molecule has 0 spiro atoms. The summed E-state index contributed by atoms with van der Waals surface area (Å²) in [5.41, 5.74) is 10.4. The van der Waals surface area contributed by atoms with Crippen LogP contribution in [0.25, 0.3) is 10.9 Å². The molecule has 1 aliphatic carbocycles. The molecule has 0 fully saturated rings. The molecule has 0 saturated carbocycles. The third-order valence-electron chi connectivity index (χ3n) is 3.91. The average molecular weight is 293 g/mol. The van der Waals surface area contributed by atoms with Gasteiger partial charge in [0.2, 0.25) is 0 Å². The van der Waals surface area contributed by atoms with Gasteiger partial charge in [-0.1, -0.05) is 17.8 Å². The molecule has 3 aromatic rings. The summed E-state index contributed by atoms with van der Waals surface area (Å²) >= 11 is 1.70. The number of hydrogen-bond acceptors (Lipinski definition) is 4. The highest BCUT2D eigenvalue weighted by Gasteiger charge is 2.12. The van der Waals surface area contributed by atoms with Crippen LogP contribution in [-0.2, 0) is 12.8 Å². The summed E-state index contributed by atoms with van der Waals surface area (Å²) in [6.45, 7) is 0. The van der Waals surface area contributed by atoms with Crippen LogP contribution in [0.5, 0.6) is 0 Å². The zero-order valence-corrected chi connectivity index (χ0v) is 12.4. The fraction of sp³-hybridized carbons (Fsp3) is 0.176. The summed E-state index contributed by atoms with van der Waals surface area (Å²) in [5, 5.41) is 2.04. The molecule has 104 valence electrons. The Bertz CT molecular complexity index is 829. The third kappa shape index (κ3) is 2.36. The van der Waals surface area contributed by atoms with Crippen molar-refractivity contribution in [1.82, 2.24) is 9.97 Å². The predicted molar refractivity (Wildman–Crippen MR) is 86.5 cm³/mol. The number of fused-ring (bicyclic) bond motifs is 2. The molecular weight excluding hydrogens is 278 g/mol. The molecule has 1 aliphatic rings. The van der Waals surface area contributed by atoms with Crippen molar-refractivity contribution < 1.29 is 0 Å². The second-order valence-electron chi connectivity index (χ2n) is 5.34. The molecule has 21 heavy (non-hydrogen) atoms. The highest BCUT2D eigenvalue weighted by atomic mass is 32.2. The van der Waals surface area contributed by atoms with Gasteiger partial charge in [-0.25, -0.2) is 9.97 Å². The molecule has 0 amide bonds. The first-order valence-electron chi connectivity index (χ1n) is 7.09. The number of hydrogen-bond donors (Lipinski definition) is 1. The molecule has 0 aliphatic heterocycles. The van der Waals surface area contributed by atoms with E-state index in [9.17, 15) is 0 Å². The van der Waals surface area contributed by atoms with E-state index in [0.29, 0.717) is 0 Å². The fourth-order valence-corrected chi connectivity index (χ4v) is 3.80. The zero-order valence-electron chi connectivity index (χ0n) is 11.5. The molecule has 2 aromatic carbocycles. The molecule has 0 saturated heterocycles. The van der Waals surface area contributed by atoms with Gasteiger partial charge in [-0.2, -0.15) is 0 Å². The quantitative estimate of drug-likeness (QED) is 0.576. The largest absolute Gasteiger partial charge is 0.399 e. The topological polar surface area (TPSA) is 51.8 Å². The van der Waals surface area contributed by atoms with Crippen LogP contribution in [0.3, 0.4) is 0 Å². The Morgan fingerprint density at radius 2 is 1.86 bits per heavy atom. The lowest BCUT2D eigenvalue weighted by molar-refractivity contribution is 0.911. The number of nitrogen functional groups attached to an aromatic ring is 1. The summed E-state index contributed by atoms with van der Waals surface area (Å²) in [7, 11) is 0. The molecule has 4 heteroatoms. The summed E-state index contributed by atoms with van der Waals surface area (Å²) in [6.07, 6.45) is 5.30. The maximum absolute atomic E-state index is 5.82. The first kappa shape index (κ1) is 12.7. The standard InChI is InChI=1S/C17H15N3S/c18-13-5-7-15-16(9-13)19-10-20-17(15)21-14-6-4-11-2-1-3-12(11)8-14/h4-10H,1-3,18H2. The molecule has 1 aromatic heterocycles. The van der Waals surface area contributed by atoms with Gasteiger partial charge in [-0.05, 0) is 60.7 Å². The van der Waals surface area contributed by atoms with Crippen molar-refractivity contribution in [3.05, 3.63) is 53.9 Å². The fourth-order valence-electron chi connectivity index (χ4n) is 2.85. The van der Waals surface area contributed by atoms with Crippen LogP contribution >= 0.6 is 11.8 Å². The Kier molecular flexibility index (Phi) is 3.04. The molecule has 1 heterocycles. The highest BCUT2D eigenvalue weighted by Crippen LogP contribution is 2.34. The van der Waals surface area contributed by atoms with Crippen LogP contribution < -0.4 is 5.73 Å². The van der Waals surface area contributed by atoms with Crippen molar-refractivity contribution in [2.45, 2.75) is 29.2 Å². The second-order valence-corrected chi connectivity index (χ2v) is 6.40. The summed E-state index contributed by atoms with van der Waals surface area (Å²) in [6, 6.07) is 12.5. The Labute approximate surface area is 127 Å². The number of nitrogens with two attached hydrogens (primary N) is 1. The lowest BCUT2D eigenvalue weighted by Crippen LogP contribution is -1.90. The van der Waals surface area contributed by atoms with Crippen LogP contribution in [0.1, 0.15) is 17.5 Å². The Balaban J connectivity index is 1.74. The van der Waals surface area contributed by atoms with Gasteiger partial charge in [0.05, 0.1) is 5.52 Å². The molecule has 3 nitrogen and oxygen atoms in total. The van der Waals surface area contributed by atoms with E-state index in [-0.39, 0.29) is 0 Å². The summed E-state index contributed by atoms with van der Waals surface area (Å²) in [4.78, 5) is 9.98. The average Bonchev–Trinajstić information content (AvgIpc) is 2.95. The number of nitrogens with zero attached hydrogens (tertiary/aromatic N) is 2. The second kappa shape index (κ2) is 5.04. The highest BCUT2D eigenvalue weighted by molar-refractivity contribution is 7.99. The van der Waals surface area contributed by atoms with E-state index < -0.39 is 0 Å². The van der Waals surface area contributed by atoms with E-state index in [1.54, 1.807) is 18.1 Å². The van der Waals surface area contributed by atoms with Gasteiger partial charge in [0.1, 0.15) is 11.4 Å². The van der Waals surface area contributed by atoms with Crippen molar-refractivity contribution in [3.8, 4) is 0 Å². The molecule has 0 radical (unpaired) electrons. The minimum atomic E-state index is 0.731. The number of benzene rings is 2. The lowest BCUT2D eigenvalue weighted by Gasteiger charge is -2.07. The maximum Gasteiger partial charge on any atom is 0.117 e. The third-order valence-corrected chi connectivity index (χ3v) is 4.92. The number of aromatic nitrogens is 2. The van der Waals surface area contributed by atoms with E-state index in [1.165, 1.54) is 35.3 Å². The van der Waals surface area contributed by atoms with Gasteiger partial charge in [-0.3, -0.25) is 0 Å². The first-order valence-corrected chi connectivity index (χ1v) is 7.91. The monoisotopic (exact) mass is 293 g/mol. The molecule has 0 unspecified atom stereocenters. The smallest absolute Gasteiger partial charge is 0.117 e. The Morgan fingerprint density at radius 1 is 0.952 bits per heavy atom. The van der Waals surface area contributed by atoms with E-state index >= 15 is 0 Å². The predicted octanol–water partition coefficient (Wildman–Crippen LogP) is 3.85. The maximum atomic E-state index is 5.82. The van der Waals surface area contributed by atoms with Gasteiger partial charge >= 0.3 is 0 Å². The van der Waals surface area contributed by atoms with Gasteiger partial charge in [0.15, 0.2) is 0 Å². The van der Waals surface area contributed by atoms with Crippen LogP contribution in [0.2, 0.25) is 0 Å². The Hall–Kier alpha value is -2.07. The lowest BCUT2D eigenvalue weighted by atomic mass is 10.1. The van der Waals surface area contributed by atoms with E-state index in [4.69, 9.17) is 5.73 Å². The zero-order chi connectivity index (χ0) is 14.2. The van der Waals surface area contributed by atoms with Crippen molar-refractivity contribution in [1.29, 1.82) is 0 Å². The van der Waals surface area contributed by atoms with Crippen LogP contribution in [0.4, 0.5) is 5.69 Å². The van der Waals surface area contributed by atoms with Gasteiger partial charge < -0.3 is 5.73 Å². The number of anilines is 1. The number of rotatable bonds is 2. The van der Waals surface area contributed by atoms with Crippen molar-refractivity contribution in [3.63, 3.8) is 0 Å². The van der Waals surface area contributed by atoms with Crippen LogP contribution in [-0.4, -0.2) is 9.97 Å². The van der Waals surface area contributed by atoms with Gasteiger partial charge in [0, 0.05) is 16.0 Å². The van der Waals surface area contributed by atoms with Crippen LogP contribution in [0, 0.1) is 0 Å². The SMILES string of the molecule is Nc1ccc2c(Sc3ccc4c(c3)CCC4)ncnc2c1. The summed E-state index contributed by atoms with van der Waals surface area (Å²) < 4.78 is 0. The van der Waals surface area contributed by atoms with E-state index in [0.717, 1.165) is 21.6 Å². The normalized spacial score (nSPS) is 13.5. The van der Waals surface area contributed by atoms with Crippen LogP contribution in [0.15, 0.2) is 52.6 Å². The molecule has 0 atom stereocenters. The molecule has 4 rings (SSSR count). The van der Waals surface area contributed by atoms with E-state index in [1.807, 2.05) is 18.2 Å². The Morgan fingerprint density at radius 3 is 2.81 bits per heavy atom. The minimum absolute atomic E-state index is 0.731. The van der Waals surface area contributed by atoms with Gasteiger partial charge in [0.25, 0.3) is 0 Å². The number of aryl methyl sites for hydroxylation is 2. The minimum Gasteiger partial charge on any atom is -0.399 e. The van der Waals surface area contributed by atoms with Crippen molar-refractivity contribution >= 4 is 28.4 Å². The molecule has 0 bridgehead atoms. The van der Waals surface area contributed by atoms with Crippen molar-refractivity contribution in [2.75, 3.05) is 5.73 Å². The first-order chi connectivity index (χ1) is 10.3. The van der Waals surface area contributed by atoms with Crippen molar-refractivity contribution in [2.24, 2.45) is 0 Å².